The van der Waals surface area contributed by atoms with E-state index in [9.17, 15) is 8.42 Å². The van der Waals surface area contributed by atoms with Crippen LogP contribution in [0.25, 0.3) is 0 Å². The Morgan fingerprint density at radius 1 is 1.25 bits per heavy atom. The average Bonchev–Trinajstić information content (AvgIpc) is 2.83. The van der Waals surface area contributed by atoms with E-state index >= 15 is 0 Å². The van der Waals surface area contributed by atoms with Crippen molar-refractivity contribution in [2.75, 3.05) is 13.1 Å². The molecule has 20 heavy (non-hydrogen) atoms. The lowest BCUT2D eigenvalue weighted by molar-refractivity contribution is 0.440. The smallest absolute Gasteiger partial charge is 0.283 e. The number of aryl methyl sites for hydroxylation is 1. The number of benzene rings is 1. The van der Waals surface area contributed by atoms with Gasteiger partial charge in [-0.05, 0) is 31.9 Å². The quantitative estimate of drug-likeness (QED) is 0.839. The van der Waals surface area contributed by atoms with Crippen LogP contribution >= 0.6 is 0 Å². The number of hydrogen-bond donors (Lipinski definition) is 0. The molecule has 0 aliphatic carbocycles. The summed E-state index contributed by atoms with van der Waals surface area (Å²) in [5.74, 6) is 0.721. The summed E-state index contributed by atoms with van der Waals surface area (Å²) < 4.78 is 28.7. The maximum atomic E-state index is 12.3. The molecule has 1 aliphatic rings. The van der Waals surface area contributed by atoms with E-state index in [-0.39, 0.29) is 4.90 Å². The Bertz CT molecular complexity index is 576. The standard InChI is InChI=1S/C15H22N2O2S/c1-3-4-11-17-12-5-6-15(17)16-20(18,19)14-9-7-13(2)8-10-14/h7-10H,3-6,11-12H2,1-2H3/b16-15+. The molecule has 0 radical (unpaired) electrons. The van der Waals surface area contributed by atoms with Crippen LogP contribution in [0.5, 0.6) is 0 Å². The first-order chi connectivity index (χ1) is 9.53. The van der Waals surface area contributed by atoms with Gasteiger partial charge in [-0.25, -0.2) is 0 Å². The Hall–Kier alpha value is -1.36. The second-order valence-corrected chi connectivity index (χ2v) is 6.84. The minimum atomic E-state index is -3.57. The van der Waals surface area contributed by atoms with Crippen molar-refractivity contribution in [3.63, 3.8) is 0 Å². The number of unbranched alkanes of at least 4 members (excludes halogenated alkanes) is 1. The summed E-state index contributed by atoms with van der Waals surface area (Å²) in [6, 6.07) is 6.85. The normalized spacial score (nSPS) is 17.9. The predicted octanol–water partition coefficient (Wildman–Crippen LogP) is 2.98. The number of nitrogens with zero attached hydrogens (tertiary/aromatic N) is 2. The van der Waals surface area contributed by atoms with Crippen molar-refractivity contribution in [1.82, 2.24) is 4.90 Å². The third kappa shape index (κ3) is 3.60. The number of amidine groups is 1. The Morgan fingerprint density at radius 2 is 1.95 bits per heavy atom. The van der Waals surface area contributed by atoms with Crippen molar-refractivity contribution >= 4 is 15.9 Å². The van der Waals surface area contributed by atoms with Crippen molar-refractivity contribution in [3.05, 3.63) is 29.8 Å². The molecule has 5 heteroatoms. The molecular weight excluding hydrogens is 272 g/mol. The second kappa shape index (κ2) is 6.39. The summed E-state index contributed by atoms with van der Waals surface area (Å²) in [6.45, 7) is 5.89. The molecule has 110 valence electrons. The monoisotopic (exact) mass is 294 g/mol. The lowest BCUT2D eigenvalue weighted by Crippen LogP contribution is -2.26. The molecule has 0 aromatic heterocycles. The van der Waals surface area contributed by atoms with Crippen molar-refractivity contribution in [3.8, 4) is 0 Å². The number of sulfonamides is 1. The highest BCUT2D eigenvalue weighted by molar-refractivity contribution is 7.90. The molecule has 0 amide bonds. The van der Waals surface area contributed by atoms with Crippen molar-refractivity contribution in [1.29, 1.82) is 0 Å². The Morgan fingerprint density at radius 3 is 2.60 bits per heavy atom. The minimum Gasteiger partial charge on any atom is -0.359 e. The Labute approximate surface area is 121 Å². The molecule has 1 aliphatic heterocycles. The van der Waals surface area contributed by atoms with Crippen LogP contribution in [0.2, 0.25) is 0 Å². The van der Waals surface area contributed by atoms with E-state index in [1.165, 1.54) is 0 Å². The maximum Gasteiger partial charge on any atom is 0.283 e. The molecule has 1 heterocycles. The summed E-state index contributed by atoms with van der Waals surface area (Å²) in [5.41, 5.74) is 1.04. The maximum absolute atomic E-state index is 12.3. The molecule has 1 aromatic rings. The van der Waals surface area contributed by atoms with E-state index in [0.29, 0.717) is 0 Å². The molecule has 4 nitrogen and oxygen atoms in total. The highest BCUT2D eigenvalue weighted by Gasteiger charge is 2.22. The van der Waals surface area contributed by atoms with Gasteiger partial charge in [-0.2, -0.15) is 8.42 Å². The van der Waals surface area contributed by atoms with E-state index in [1.54, 1.807) is 24.3 Å². The number of rotatable bonds is 5. The fourth-order valence-electron chi connectivity index (χ4n) is 2.31. The molecule has 0 atom stereocenters. The number of likely N-dealkylation sites (tertiary alicyclic amines) is 1. The lowest BCUT2D eigenvalue weighted by Gasteiger charge is -2.18. The Kier molecular flexibility index (Phi) is 4.81. The summed E-state index contributed by atoms with van der Waals surface area (Å²) >= 11 is 0. The summed E-state index contributed by atoms with van der Waals surface area (Å²) in [5, 5.41) is 0. The molecular formula is C15H22N2O2S. The zero-order chi connectivity index (χ0) is 14.6. The summed E-state index contributed by atoms with van der Waals surface area (Å²) in [6.07, 6.45) is 3.93. The van der Waals surface area contributed by atoms with Gasteiger partial charge >= 0.3 is 0 Å². The predicted molar refractivity (Wildman–Crippen MR) is 81.5 cm³/mol. The van der Waals surface area contributed by atoms with Gasteiger partial charge in [0.05, 0.1) is 4.90 Å². The van der Waals surface area contributed by atoms with Crippen LogP contribution in [0.3, 0.4) is 0 Å². The van der Waals surface area contributed by atoms with E-state index in [4.69, 9.17) is 0 Å². The van der Waals surface area contributed by atoms with Gasteiger partial charge in [0, 0.05) is 19.5 Å². The van der Waals surface area contributed by atoms with Crippen LogP contribution in [-0.2, 0) is 10.0 Å². The van der Waals surface area contributed by atoms with Crippen LogP contribution in [0.15, 0.2) is 33.6 Å². The van der Waals surface area contributed by atoms with Crippen LogP contribution < -0.4 is 0 Å². The van der Waals surface area contributed by atoms with E-state index in [1.807, 2.05) is 6.92 Å². The molecule has 1 fully saturated rings. The van der Waals surface area contributed by atoms with Gasteiger partial charge in [0.25, 0.3) is 10.0 Å². The molecule has 0 N–H and O–H groups in total. The first-order valence-electron chi connectivity index (χ1n) is 7.18. The first kappa shape index (κ1) is 15.0. The van der Waals surface area contributed by atoms with E-state index < -0.39 is 10.0 Å². The topological polar surface area (TPSA) is 49.7 Å². The van der Waals surface area contributed by atoms with Crippen LogP contribution in [0, 0.1) is 6.92 Å². The van der Waals surface area contributed by atoms with Gasteiger partial charge in [-0.3, -0.25) is 0 Å². The molecule has 2 rings (SSSR count). The van der Waals surface area contributed by atoms with Crippen LogP contribution in [-0.4, -0.2) is 32.2 Å². The van der Waals surface area contributed by atoms with Crippen molar-refractivity contribution < 1.29 is 8.42 Å². The third-order valence-electron chi connectivity index (χ3n) is 3.52. The largest absolute Gasteiger partial charge is 0.359 e. The van der Waals surface area contributed by atoms with Gasteiger partial charge in [0.15, 0.2) is 0 Å². The molecule has 1 saturated heterocycles. The zero-order valence-corrected chi connectivity index (χ0v) is 13.0. The molecule has 1 aromatic carbocycles. The zero-order valence-electron chi connectivity index (χ0n) is 12.2. The van der Waals surface area contributed by atoms with Crippen molar-refractivity contribution in [2.45, 2.75) is 44.4 Å². The van der Waals surface area contributed by atoms with E-state index in [0.717, 1.165) is 50.2 Å². The van der Waals surface area contributed by atoms with Gasteiger partial charge < -0.3 is 4.90 Å². The molecule has 0 unspecified atom stereocenters. The van der Waals surface area contributed by atoms with Gasteiger partial charge in [-0.15, -0.1) is 4.40 Å². The molecule has 0 saturated carbocycles. The second-order valence-electron chi connectivity index (χ2n) is 5.24. The van der Waals surface area contributed by atoms with E-state index in [2.05, 4.69) is 16.2 Å². The molecule has 0 bridgehead atoms. The first-order valence-corrected chi connectivity index (χ1v) is 8.62. The minimum absolute atomic E-state index is 0.276. The Balaban J connectivity index is 2.21. The summed E-state index contributed by atoms with van der Waals surface area (Å²) in [7, 11) is -3.57. The van der Waals surface area contributed by atoms with Gasteiger partial charge in [-0.1, -0.05) is 31.0 Å². The fraction of sp³-hybridized carbons (Fsp3) is 0.533. The fourth-order valence-corrected chi connectivity index (χ4v) is 3.38. The van der Waals surface area contributed by atoms with Crippen molar-refractivity contribution in [2.24, 2.45) is 4.40 Å². The highest BCUT2D eigenvalue weighted by Crippen LogP contribution is 2.18. The number of hydrogen-bond acceptors (Lipinski definition) is 2. The average molecular weight is 294 g/mol. The third-order valence-corrected chi connectivity index (χ3v) is 4.84. The van der Waals surface area contributed by atoms with Gasteiger partial charge in [0.1, 0.15) is 5.84 Å². The SMILES string of the molecule is CCCCN1CCC/C1=N\S(=O)(=O)c1ccc(C)cc1. The van der Waals surface area contributed by atoms with Gasteiger partial charge in [0.2, 0.25) is 0 Å². The lowest BCUT2D eigenvalue weighted by atomic mass is 10.2. The van der Waals surface area contributed by atoms with Crippen LogP contribution in [0.4, 0.5) is 0 Å². The highest BCUT2D eigenvalue weighted by atomic mass is 32.2. The van der Waals surface area contributed by atoms with Crippen LogP contribution in [0.1, 0.15) is 38.2 Å². The summed E-state index contributed by atoms with van der Waals surface area (Å²) in [4.78, 5) is 2.38. The molecule has 0 spiro atoms.